The highest BCUT2D eigenvalue weighted by atomic mass is 19.1. The van der Waals surface area contributed by atoms with Crippen LogP contribution in [-0.4, -0.2) is 50.1 Å². The lowest BCUT2D eigenvalue weighted by atomic mass is 9.69. The molecule has 1 unspecified atom stereocenters. The molecule has 0 aromatic heterocycles. The predicted molar refractivity (Wildman–Crippen MR) is 128 cm³/mol. The van der Waals surface area contributed by atoms with Crippen molar-refractivity contribution in [3.63, 3.8) is 0 Å². The van der Waals surface area contributed by atoms with Gasteiger partial charge in [-0.15, -0.1) is 0 Å². The Morgan fingerprint density at radius 3 is 2.80 bits per heavy atom. The Labute approximate surface area is 182 Å². The molecule has 5 atom stereocenters. The molecule has 0 saturated heterocycles. The molecule has 2 aliphatic rings. The summed E-state index contributed by atoms with van der Waals surface area (Å²) < 4.78 is 14.8. The Kier molecular flexibility index (Phi) is 8.18. The third kappa shape index (κ3) is 5.36. The lowest BCUT2D eigenvalue weighted by molar-refractivity contribution is 0.176. The maximum absolute atomic E-state index is 14.8. The van der Waals surface area contributed by atoms with E-state index in [1.807, 2.05) is 7.85 Å². The van der Waals surface area contributed by atoms with Crippen LogP contribution in [0.3, 0.4) is 0 Å². The normalized spacial score (nSPS) is 26.5. The van der Waals surface area contributed by atoms with Gasteiger partial charge in [-0.3, -0.25) is 0 Å². The number of hydrogen-bond acceptors (Lipinski definition) is 3. The molecule has 2 N–H and O–H groups in total. The van der Waals surface area contributed by atoms with Crippen molar-refractivity contribution in [3.05, 3.63) is 47.8 Å². The number of hydrogen-bond donors (Lipinski definition) is 2. The van der Waals surface area contributed by atoms with Crippen LogP contribution in [-0.2, 0) is 0 Å². The first-order chi connectivity index (χ1) is 14.4. The zero-order valence-corrected chi connectivity index (χ0v) is 19.1. The van der Waals surface area contributed by atoms with Gasteiger partial charge >= 0.3 is 0 Å². The van der Waals surface area contributed by atoms with E-state index in [9.17, 15) is 9.50 Å². The highest BCUT2D eigenvalue weighted by Crippen LogP contribution is 2.44. The van der Waals surface area contributed by atoms with E-state index in [0.29, 0.717) is 29.4 Å². The quantitative estimate of drug-likeness (QED) is 0.610. The molecule has 0 radical (unpaired) electrons. The van der Waals surface area contributed by atoms with E-state index in [4.69, 9.17) is 0 Å². The molecule has 1 aliphatic heterocycles. The first-order valence-electron chi connectivity index (χ1n) is 11.7. The van der Waals surface area contributed by atoms with Crippen LogP contribution in [0.25, 0.3) is 0 Å². The average Bonchev–Trinajstić information content (AvgIpc) is 2.73. The minimum Gasteiger partial charge on any atom is -0.395 e. The minimum atomic E-state index is -0.119. The highest BCUT2D eigenvalue weighted by Gasteiger charge is 2.38. The molecule has 0 bridgehead atoms. The molecule has 1 aliphatic carbocycles. The van der Waals surface area contributed by atoms with Crippen molar-refractivity contribution in [3.8, 4) is 0 Å². The number of halogens is 1. The van der Waals surface area contributed by atoms with Crippen LogP contribution >= 0.6 is 0 Å². The van der Waals surface area contributed by atoms with Crippen LogP contribution in [0.5, 0.6) is 0 Å². The molecule has 1 aromatic rings. The Hall–Kier alpha value is -1.59. The molecule has 0 amide bonds. The Morgan fingerprint density at radius 2 is 2.13 bits per heavy atom. The lowest BCUT2D eigenvalue weighted by Gasteiger charge is -2.43. The number of aliphatic hydroxyl groups excluding tert-OH is 1. The number of likely N-dealkylation sites (N-methyl/N-ethyl adjacent to an activating group) is 1. The topological polar surface area (TPSA) is 35.5 Å². The third-order valence-corrected chi connectivity index (χ3v) is 7.07. The molecule has 30 heavy (non-hydrogen) atoms. The molecule has 1 heterocycles. The van der Waals surface area contributed by atoms with Crippen molar-refractivity contribution in [2.45, 2.75) is 52.0 Å². The predicted octanol–water partition coefficient (Wildman–Crippen LogP) is 3.46. The number of benzene rings is 1. The van der Waals surface area contributed by atoms with E-state index in [1.165, 1.54) is 0 Å². The van der Waals surface area contributed by atoms with Gasteiger partial charge in [0, 0.05) is 25.0 Å². The largest absolute Gasteiger partial charge is 0.395 e. The van der Waals surface area contributed by atoms with Crippen LogP contribution in [0.1, 0.15) is 51.5 Å². The van der Waals surface area contributed by atoms with E-state index in [0.717, 1.165) is 49.9 Å². The highest BCUT2D eigenvalue weighted by molar-refractivity contribution is 6.32. The average molecular weight is 412 g/mol. The molecule has 5 heteroatoms. The summed E-state index contributed by atoms with van der Waals surface area (Å²) in [6.45, 7) is 9.71. The van der Waals surface area contributed by atoms with Crippen molar-refractivity contribution in [1.29, 1.82) is 0 Å². The fourth-order valence-electron chi connectivity index (χ4n) is 5.34. The fraction of sp³-hybridized carbons (Fsp3) is 0.600. The summed E-state index contributed by atoms with van der Waals surface area (Å²) >= 11 is 0. The Morgan fingerprint density at radius 1 is 1.33 bits per heavy atom. The van der Waals surface area contributed by atoms with E-state index in [1.54, 1.807) is 6.07 Å². The molecular weight excluding hydrogens is 374 g/mol. The summed E-state index contributed by atoms with van der Waals surface area (Å²) in [6, 6.07) is 4.06. The second-order valence-electron chi connectivity index (χ2n) is 9.35. The summed E-state index contributed by atoms with van der Waals surface area (Å²) in [6.07, 6.45) is 12.0. The first-order valence-corrected chi connectivity index (χ1v) is 11.7. The molecule has 3 rings (SSSR count). The monoisotopic (exact) mass is 412 g/mol. The van der Waals surface area contributed by atoms with Gasteiger partial charge in [0.1, 0.15) is 13.7 Å². The van der Waals surface area contributed by atoms with Crippen molar-refractivity contribution in [1.82, 2.24) is 4.90 Å². The van der Waals surface area contributed by atoms with E-state index in [-0.39, 0.29) is 18.5 Å². The zero-order chi connectivity index (χ0) is 21.7. The maximum atomic E-state index is 14.8. The summed E-state index contributed by atoms with van der Waals surface area (Å²) in [5.74, 6) is 1.64. The van der Waals surface area contributed by atoms with Gasteiger partial charge in [-0.05, 0) is 55.2 Å². The molecule has 3 nitrogen and oxygen atoms in total. The SMILES string of the molecule is Bc1cc(F)c2c(c1)[C@@H](C)[C@@H](CC[C@@H](C)CN(CC)CCO)[C@H](C1C=CC=CC1)N2. The Balaban J connectivity index is 1.78. The second kappa shape index (κ2) is 10.6. The lowest BCUT2D eigenvalue weighted by Crippen LogP contribution is -2.43. The number of nitrogens with zero attached hydrogens (tertiary/aromatic N) is 1. The number of rotatable bonds is 9. The first kappa shape index (κ1) is 23.1. The summed E-state index contributed by atoms with van der Waals surface area (Å²) in [4.78, 5) is 2.33. The van der Waals surface area contributed by atoms with Gasteiger partial charge < -0.3 is 15.3 Å². The van der Waals surface area contributed by atoms with Crippen molar-refractivity contribution in [2.75, 3.05) is 31.6 Å². The van der Waals surface area contributed by atoms with Crippen LogP contribution in [0.15, 0.2) is 36.4 Å². The molecule has 164 valence electrons. The molecule has 0 saturated carbocycles. The van der Waals surface area contributed by atoms with Crippen molar-refractivity contribution >= 4 is 19.0 Å². The van der Waals surface area contributed by atoms with E-state index >= 15 is 0 Å². The summed E-state index contributed by atoms with van der Waals surface area (Å²) in [7, 11) is 1.98. The van der Waals surface area contributed by atoms with Crippen LogP contribution < -0.4 is 10.8 Å². The van der Waals surface area contributed by atoms with E-state index in [2.05, 4.69) is 61.4 Å². The summed E-state index contributed by atoms with van der Waals surface area (Å²) in [5, 5.41) is 12.9. The second-order valence-corrected chi connectivity index (χ2v) is 9.35. The molecular formula is C25H38BFN2O. The maximum Gasteiger partial charge on any atom is 0.146 e. The van der Waals surface area contributed by atoms with Gasteiger partial charge in [0.15, 0.2) is 0 Å². The van der Waals surface area contributed by atoms with E-state index < -0.39 is 0 Å². The smallest absolute Gasteiger partial charge is 0.146 e. The fourth-order valence-corrected chi connectivity index (χ4v) is 5.34. The van der Waals surface area contributed by atoms with Gasteiger partial charge in [0.25, 0.3) is 0 Å². The van der Waals surface area contributed by atoms with Gasteiger partial charge in [-0.25, -0.2) is 4.39 Å². The van der Waals surface area contributed by atoms with Crippen molar-refractivity contribution < 1.29 is 9.50 Å². The molecule has 1 aromatic carbocycles. The van der Waals surface area contributed by atoms with Gasteiger partial charge in [-0.1, -0.05) is 56.6 Å². The molecule has 0 spiro atoms. The van der Waals surface area contributed by atoms with Crippen LogP contribution in [0.4, 0.5) is 10.1 Å². The van der Waals surface area contributed by atoms with Crippen molar-refractivity contribution in [2.24, 2.45) is 17.8 Å². The number of nitrogens with one attached hydrogen (secondary N) is 1. The summed E-state index contributed by atoms with van der Waals surface area (Å²) in [5.41, 5.74) is 2.84. The zero-order valence-electron chi connectivity index (χ0n) is 19.1. The standard InChI is InChI=1S/C25H38BFN2O/c1-4-29(12-13-30)16-17(2)10-11-21-18(3)22-14-20(26)15-23(27)25(22)28-24(21)19-8-6-5-7-9-19/h5-8,14-15,17-19,21,24,28,30H,4,9-13,16,26H2,1-3H3/t17-,18+,19?,21-,24+/m1/s1. The van der Waals surface area contributed by atoms with Gasteiger partial charge in [0.2, 0.25) is 0 Å². The number of fused-ring (bicyclic) bond motifs is 1. The third-order valence-electron chi connectivity index (χ3n) is 7.07. The van der Waals surface area contributed by atoms with Gasteiger partial charge in [0.05, 0.1) is 12.3 Å². The molecule has 0 fully saturated rings. The van der Waals surface area contributed by atoms with Crippen LogP contribution in [0, 0.1) is 23.6 Å². The van der Waals surface area contributed by atoms with Gasteiger partial charge in [-0.2, -0.15) is 0 Å². The number of anilines is 1. The Bertz CT molecular complexity index is 766. The number of allylic oxidation sites excluding steroid dienone is 3. The minimum absolute atomic E-state index is 0.119. The number of aliphatic hydroxyl groups is 1. The van der Waals surface area contributed by atoms with Crippen LogP contribution in [0.2, 0.25) is 0 Å².